The Morgan fingerprint density at radius 3 is 2.31 bits per heavy atom. The summed E-state index contributed by atoms with van der Waals surface area (Å²) in [7, 11) is 1.92. The molecule has 0 spiro atoms. The number of hydrogen-bond acceptors (Lipinski definition) is 3. The van der Waals surface area contributed by atoms with Gasteiger partial charge in [0.1, 0.15) is 0 Å². The van der Waals surface area contributed by atoms with Crippen molar-refractivity contribution in [1.29, 1.82) is 0 Å². The van der Waals surface area contributed by atoms with Crippen LogP contribution < -0.4 is 5.32 Å². The molecule has 2 N–H and O–H groups in total. The van der Waals surface area contributed by atoms with E-state index in [0.717, 1.165) is 25.8 Å². The van der Waals surface area contributed by atoms with Crippen LogP contribution in [0.2, 0.25) is 0 Å². The number of ether oxygens (including phenoxy) is 1. The molecule has 16 heavy (non-hydrogen) atoms. The van der Waals surface area contributed by atoms with Gasteiger partial charge in [-0.15, -0.1) is 0 Å². The van der Waals surface area contributed by atoms with Gasteiger partial charge in [0.05, 0.1) is 6.10 Å². The van der Waals surface area contributed by atoms with Gasteiger partial charge in [0, 0.05) is 0 Å². The van der Waals surface area contributed by atoms with Gasteiger partial charge in [0.2, 0.25) is 0 Å². The Morgan fingerprint density at radius 2 is 1.88 bits per heavy atom. The van der Waals surface area contributed by atoms with Gasteiger partial charge in [-0.05, 0) is 38.3 Å². The smallest absolute Gasteiger partial charge is 0.154 e. The number of hydrogen-bond donors (Lipinski definition) is 2. The van der Waals surface area contributed by atoms with E-state index in [9.17, 15) is 5.11 Å². The first-order chi connectivity index (χ1) is 7.41. The van der Waals surface area contributed by atoms with Gasteiger partial charge in [-0.25, -0.2) is 0 Å². The summed E-state index contributed by atoms with van der Waals surface area (Å²) in [5, 5.41) is 12.9. The van der Waals surface area contributed by atoms with E-state index in [4.69, 9.17) is 4.74 Å². The molecule has 0 aliphatic rings. The molecule has 98 valence electrons. The van der Waals surface area contributed by atoms with E-state index in [1.165, 1.54) is 0 Å². The fraction of sp³-hybridized carbons (Fsp3) is 1.00. The molecule has 3 heteroatoms. The van der Waals surface area contributed by atoms with Crippen molar-refractivity contribution in [2.45, 2.75) is 65.8 Å². The summed E-state index contributed by atoms with van der Waals surface area (Å²) < 4.78 is 5.73. The first kappa shape index (κ1) is 15.9. The lowest BCUT2D eigenvalue weighted by atomic mass is 9.86. The standard InChI is InChI=1S/C13H29NO2/c1-6-8-11(13(2,3)4)16-12(15)9-7-10-14-5/h11-12,14-15H,6-10H2,1-5H3/t11?,12-/m1/s1. The average Bonchev–Trinajstić information content (AvgIpc) is 2.16. The van der Waals surface area contributed by atoms with Crippen LogP contribution in [0.5, 0.6) is 0 Å². The van der Waals surface area contributed by atoms with Gasteiger partial charge in [0.25, 0.3) is 0 Å². The Balaban J connectivity index is 3.98. The second kappa shape index (κ2) is 8.04. The van der Waals surface area contributed by atoms with Crippen LogP contribution in [-0.2, 0) is 4.74 Å². The minimum Gasteiger partial charge on any atom is -0.368 e. The van der Waals surface area contributed by atoms with E-state index >= 15 is 0 Å². The molecule has 0 heterocycles. The molecule has 0 bridgehead atoms. The summed E-state index contributed by atoms with van der Waals surface area (Å²) in [5.74, 6) is 0. The lowest BCUT2D eigenvalue weighted by Gasteiger charge is -2.32. The van der Waals surface area contributed by atoms with Crippen molar-refractivity contribution in [3.63, 3.8) is 0 Å². The van der Waals surface area contributed by atoms with Gasteiger partial charge < -0.3 is 15.2 Å². The quantitative estimate of drug-likeness (QED) is 0.498. The highest BCUT2D eigenvalue weighted by molar-refractivity contribution is 4.74. The highest BCUT2D eigenvalue weighted by Crippen LogP contribution is 2.27. The molecule has 0 aromatic rings. The molecule has 0 aliphatic heterocycles. The van der Waals surface area contributed by atoms with Crippen molar-refractivity contribution in [3.05, 3.63) is 0 Å². The number of rotatable bonds is 8. The van der Waals surface area contributed by atoms with E-state index in [1.807, 2.05) is 7.05 Å². The van der Waals surface area contributed by atoms with Gasteiger partial charge >= 0.3 is 0 Å². The second-order valence-electron chi connectivity index (χ2n) is 5.48. The Kier molecular flexibility index (Phi) is 7.98. The fourth-order valence-corrected chi connectivity index (χ4v) is 1.68. The Hall–Kier alpha value is -0.120. The predicted octanol–water partition coefficient (Wildman–Crippen LogP) is 2.54. The van der Waals surface area contributed by atoms with E-state index in [2.05, 4.69) is 33.0 Å². The Bertz CT molecular complexity index is 166. The zero-order chi connectivity index (χ0) is 12.6. The molecule has 0 aliphatic carbocycles. The maximum atomic E-state index is 9.79. The lowest BCUT2D eigenvalue weighted by Crippen LogP contribution is -2.33. The van der Waals surface area contributed by atoms with Crippen molar-refractivity contribution in [1.82, 2.24) is 5.32 Å². The molecule has 3 nitrogen and oxygen atoms in total. The third-order valence-corrected chi connectivity index (χ3v) is 2.72. The SMILES string of the molecule is CCCC(O[C@@H](O)CCCNC)C(C)(C)C. The third kappa shape index (κ3) is 7.20. The van der Waals surface area contributed by atoms with Crippen LogP contribution in [-0.4, -0.2) is 31.1 Å². The summed E-state index contributed by atoms with van der Waals surface area (Å²) in [5.41, 5.74) is 0.0972. The van der Waals surface area contributed by atoms with Gasteiger partial charge in [0.15, 0.2) is 6.29 Å². The van der Waals surface area contributed by atoms with Crippen molar-refractivity contribution < 1.29 is 9.84 Å². The first-order valence-corrected chi connectivity index (χ1v) is 6.40. The zero-order valence-electron chi connectivity index (χ0n) is 11.5. The lowest BCUT2D eigenvalue weighted by molar-refractivity contribution is -0.168. The van der Waals surface area contributed by atoms with E-state index in [-0.39, 0.29) is 11.5 Å². The predicted molar refractivity (Wildman–Crippen MR) is 68.4 cm³/mol. The van der Waals surface area contributed by atoms with E-state index < -0.39 is 6.29 Å². The van der Waals surface area contributed by atoms with Crippen molar-refractivity contribution in [2.75, 3.05) is 13.6 Å². The van der Waals surface area contributed by atoms with Crippen LogP contribution in [0.4, 0.5) is 0 Å². The second-order valence-corrected chi connectivity index (χ2v) is 5.48. The summed E-state index contributed by atoms with van der Waals surface area (Å²) in [6.45, 7) is 9.55. The largest absolute Gasteiger partial charge is 0.368 e. The van der Waals surface area contributed by atoms with Crippen LogP contribution in [0.15, 0.2) is 0 Å². The highest BCUT2D eigenvalue weighted by Gasteiger charge is 2.26. The summed E-state index contributed by atoms with van der Waals surface area (Å²) in [4.78, 5) is 0. The maximum Gasteiger partial charge on any atom is 0.154 e. The third-order valence-electron chi connectivity index (χ3n) is 2.72. The van der Waals surface area contributed by atoms with Crippen LogP contribution in [0.1, 0.15) is 53.4 Å². The monoisotopic (exact) mass is 231 g/mol. The molecule has 0 rings (SSSR count). The van der Waals surface area contributed by atoms with E-state index in [0.29, 0.717) is 6.42 Å². The molecule has 0 aromatic heterocycles. The topological polar surface area (TPSA) is 41.5 Å². The molecule has 0 saturated heterocycles. The van der Waals surface area contributed by atoms with Crippen LogP contribution in [0.3, 0.4) is 0 Å². The summed E-state index contributed by atoms with van der Waals surface area (Å²) in [6, 6.07) is 0. The molecular weight excluding hydrogens is 202 g/mol. The number of aliphatic hydroxyl groups is 1. The molecule has 0 radical (unpaired) electrons. The minimum atomic E-state index is -0.621. The van der Waals surface area contributed by atoms with Gasteiger partial charge in [-0.3, -0.25) is 0 Å². The average molecular weight is 231 g/mol. The summed E-state index contributed by atoms with van der Waals surface area (Å²) in [6.07, 6.45) is 3.27. The zero-order valence-corrected chi connectivity index (χ0v) is 11.5. The molecule has 0 amide bonds. The Labute approximate surface area is 101 Å². The maximum absolute atomic E-state index is 9.79. The highest BCUT2D eigenvalue weighted by atomic mass is 16.6. The molecular formula is C13H29NO2. The van der Waals surface area contributed by atoms with Gasteiger partial charge in [-0.2, -0.15) is 0 Å². The van der Waals surface area contributed by atoms with Crippen LogP contribution >= 0.6 is 0 Å². The molecule has 0 saturated carbocycles. The van der Waals surface area contributed by atoms with Crippen molar-refractivity contribution in [2.24, 2.45) is 5.41 Å². The number of nitrogens with one attached hydrogen (secondary N) is 1. The Morgan fingerprint density at radius 1 is 1.25 bits per heavy atom. The summed E-state index contributed by atoms with van der Waals surface area (Å²) >= 11 is 0. The van der Waals surface area contributed by atoms with Crippen molar-refractivity contribution >= 4 is 0 Å². The van der Waals surface area contributed by atoms with Crippen molar-refractivity contribution in [3.8, 4) is 0 Å². The number of aliphatic hydroxyl groups excluding tert-OH is 1. The first-order valence-electron chi connectivity index (χ1n) is 6.40. The molecule has 0 fully saturated rings. The van der Waals surface area contributed by atoms with Crippen LogP contribution in [0, 0.1) is 5.41 Å². The molecule has 2 atom stereocenters. The van der Waals surface area contributed by atoms with Gasteiger partial charge in [-0.1, -0.05) is 34.1 Å². The molecule has 0 aromatic carbocycles. The minimum absolute atomic E-state index is 0.0972. The van der Waals surface area contributed by atoms with E-state index in [1.54, 1.807) is 0 Å². The fourth-order valence-electron chi connectivity index (χ4n) is 1.68. The van der Waals surface area contributed by atoms with Crippen LogP contribution in [0.25, 0.3) is 0 Å². The normalized spacial score (nSPS) is 16.1. The molecule has 1 unspecified atom stereocenters.